The number of anilines is 1. The van der Waals surface area contributed by atoms with Crippen molar-refractivity contribution >= 4 is 11.6 Å². The predicted octanol–water partition coefficient (Wildman–Crippen LogP) is 1.89. The first-order valence-corrected chi connectivity index (χ1v) is 6.05. The van der Waals surface area contributed by atoms with E-state index in [0.29, 0.717) is 11.3 Å². The van der Waals surface area contributed by atoms with Crippen LogP contribution in [-0.4, -0.2) is 19.0 Å². The second-order valence-corrected chi connectivity index (χ2v) is 4.44. The molecule has 0 aliphatic heterocycles. The highest BCUT2D eigenvalue weighted by molar-refractivity contribution is 5.97. The number of hydrogen-bond donors (Lipinski definition) is 1. The van der Waals surface area contributed by atoms with E-state index < -0.39 is 6.04 Å². The highest BCUT2D eigenvalue weighted by atomic mass is 16.2. The topological polar surface area (TPSA) is 70.1 Å². The third-order valence-electron chi connectivity index (χ3n) is 3.26. The second-order valence-electron chi connectivity index (χ2n) is 4.44. The maximum atomic E-state index is 12.2. The summed E-state index contributed by atoms with van der Waals surface area (Å²) < 4.78 is 0. The Hall–Kier alpha value is -1.86. The highest BCUT2D eigenvalue weighted by Crippen LogP contribution is 2.20. The molecule has 96 valence electrons. The van der Waals surface area contributed by atoms with Gasteiger partial charge in [0.1, 0.15) is 6.07 Å². The lowest BCUT2D eigenvalue weighted by Gasteiger charge is -2.25. The summed E-state index contributed by atoms with van der Waals surface area (Å²) >= 11 is 0. The van der Waals surface area contributed by atoms with Crippen molar-refractivity contribution in [3.63, 3.8) is 0 Å². The molecule has 0 aliphatic rings. The number of nitriles is 1. The molecular weight excluding hydrogens is 226 g/mol. The SMILES string of the molecule is CCC(C)C(N)C(=O)N(C)c1ccccc1C#N. The van der Waals surface area contributed by atoms with Gasteiger partial charge in [0.25, 0.3) is 0 Å². The van der Waals surface area contributed by atoms with Gasteiger partial charge in [-0.25, -0.2) is 0 Å². The van der Waals surface area contributed by atoms with Crippen LogP contribution in [0.1, 0.15) is 25.8 Å². The average molecular weight is 245 g/mol. The van der Waals surface area contributed by atoms with Gasteiger partial charge in [0.2, 0.25) is 5.91 Å². The summed E-state index contributed by atoms with van der Waals surface area (Å²) in [7, 11) is 1.65. The Kier molecular flexibility index (Phi) is 4.87. The van der Waals surface area contributed by atoms with Crippen LogP contribution in [-0.2, 0) is 4.79 Å². The van der Waals surface area contributed by atoms with E-state index in [9.17, 15) is 4.79 Å². The van der Waals surface area contributed by atoms with Gasteiger partial charge >= 0.3 is 0 Å². The van der Waals surface area contributed by atoms with E-state index in [4.69, 9.17) is 11.0 Å². The van der Waals surface area contributed by atoms with Crippen molar-refractivity contribution in [2.45, 2.75) is 26.3 Å². The summed E-state index contributed by atoms with van der Waals surface area (Å²) in [6.07, 6.45) is 0.848. The van der Waals surface area contributed by atoms with Gasteiger partial charge in [0.15, 0.2) is 0 Å². The molecule has 2 N–H and O–H groups in total. The Bertz CT molecular complexity index is 464. The van der Waals surface area contributed by atoms with E-state index in [1.165, 1.54) is 4.90 Å². The molecule has 0 heterocycles. The molecule has 1 amide bonds. The van der Waals surface area contributed by atoms with Crippen LogP contribution in [0.15, 0.2) is 24.3 Å². The quantitative estimate of drug-likeness (QED) is 0.880. The molecule has 2 unspecified atom stereocenters. The standard InChI is InChI=1S/C14H19N3O/c1-4-10(2)13(16)14(18)17(3)12-8-6-5-7-11(12)9-15/h5-8,10,13H,4,16H2,1-3H3. The van der Waals surface area contributed by atoms with Crippen molar-refractivity contribution in [2.24, 2.45) is 11.7 Å². The van der Waals surface area contributed by atoms with Crippen LogP contribution < -0.4 is 10.6 Å². The number of nitrogens with two attached hydrogens (primary N) is 1. The molecule has 4 heteroatoms. The maximum absolute atomic E-state index is 12.2. The van der Waals surface area contributed by atoms with E-state index >= 15 is 0 Å². The number of carbonyl (C=O) groups is 1. The van der Waals surface area contributed by atoms with Gasteiger partial charge in [0, 0.05) is 7.05 Å². The maximum Gasteiger partial charge on any atom is 0.243 e. The molecule has 0 saturated heterocycles. The molecule has 1 aromatic rings. The largest absolute Gasteiger partial charge is 0.320 e. The molecule has 0 bridgehead atoms. The molecule has 2 atom stereocenters. The number of para-hydroxylation sites is 1. The average Bonchev–Trinajstić information content (AvgIpc) is 2.43. The molecule has 0 radical (unpaired) electrons. The summed E-state index contributed by atoms with van der Waals surface area (Å²) in [6, 6.07) is 8.55. The third-order valence-corrected chi connectivity index (χ3v) is 3.26. The van der Waals surface area contributed by atoms with Crippen LogP contribution in [0.5, 0.6) is 0 Å². The van der Waals surface area contributed by atoms with Crippen molar-refractivity contribution < 1.29 is 4.79 Å². The first-order chi connectivity index (χ1) is 8.52. The smallest absolute Gasteiger partial charge is 0.243 e. The number of benzene rings is 1. The number of amides is 1. The van der Waals surface area contributed by atoms with Gasteiger partial charge in [-0.15, -0.1) is 0 Å². The summed E-state index contributed by atoms with van der Waals surface area (Å²) in [5.74, 6) is -0.0405. The van der Waals surface area contributed by atoms with Gasteiger partial charge in [-0.2, -0.15) is 5.26 Å². The van der Waals surface area contributed by atoms with Crippen molar-refractivity contribution in [2.75, 3.05) is 11.9 Å². The molecule has 1 rings (SSSR count). The predicted molar refractivity (Wildman–Crippen MR) is 72.0 cm³/mol. The minimum absolute atomic E-state index is 0.120. The minimum atomic E-state index is -0.535. The fourth-order valence-electron chi connectivity index (χ4n) is 1.70. The van der Waals surface area contributed by atoms with Crippen LogP contribution in [0.4, 0.5) is 5.69 Å². The fraction of sp³-hybridized carbons (Fsp3) is 0.429. The third kappa shape index (κ3) is 2.88. The monoisotopic (exact) mass is 245 g/mol. The first-order valence-electron chi connectivity index (χ1n) is 6.05. The summed E-state index contributed by atoms with van der Waals surface area (Å²) in [4.78, 5) is 13.7. The zero-order valence-corrected chi connectivity index (χ0v) is 11.1. The lowest BCUT2D eigenvalue weighted by atomic mass is 9.98. The van der Waals surface area contributed by atoms with Crippen molar-refractivity contribution in [3.05, 3.63) is 29.8 Å². The molecule has 0 saturated carbocycles. The van der Waals surface area contributed by atoms with Gasteiger partial charge < -0.3 is 10.6 Å². The zero-order valence-electron chi connectivity index (χ0n) is 11.1. The summed E-state index contributed by atoms with van der Waals surface area (Å²) in [5.41, 5.74) is 7.00. The van der Waals surface area contributed by atoms with Crippen LogP contribution in [0.25, 0.3) is 0 Å². The summed E-state index contributed by atoms with van der Waals surface area (Å²) in [5, 5.41) is 9.02. The number of nitrogens with zero attached hydrogens (tertiary/aromatic N) is 2. The van der Waals surface area contributed by atoms with Crippen molar-refractivity contribution in [3.8, 4) is 6.07 Å². The Morgan fingerprint density at radius 3 is 2.67 bits per heavy atom. The van der Waals surface area contributed by atoms with Crippen LogP contribution in [0.2, 0.25) is 0 Å². The van der Waals surface area contributed by atoms with E-state index in [0.717, 1.165) is 6.42 Å². The highest BCUT2D eigenvalue weighted by Gasteiger charge is 2.24. The summed E-state index contributed by atoms with van der Waals surface area (Å²) in [6.45, 7) is 3.95. The van der Waals surface area contributed by atoms with Gasteiger partial charge in [-0.1, -0.05) is 32.4 Å². The Morgan fingerprint density at radius 1 is 1.50 bits per heavy atom. The van der Waals surface area contributed by atoms with E-state index in [1.807, 2.05) is 13.8 Å². The van der Waals surface area contributed by atoms with Crippen molar-refractivity contribution in [1.82, 2.24) is 0 Å². The molecular formula is C14H19N3O. The Morgan fingerprint density at radius 2 is 2.11 bits per heavy atom. The second kappa shape index (κ2) is 6.18. The van der Waals surface area contributed by atoms with E-state index in [1.54, 1.807) is 31.3 Å². The lowest BCUT2D eigenvalue weighted by molar-refractivity contribution is -0.120. The van der Waals surface area contributed by atoms with Crippen molar-refractivity contribution in [1.29, 1.82) is 5.26 Å². The van der Waals surface area contributed by atoms with Crippen LogP contribution in [0, 0.1) is 17.2 Å². The molecule has 0 aliphatic carbocycles. The molecule has 0 spiro atoms. The molecule has 0 fully saturated rings. The minimum Gasteiger partial charge on any atom is -0.320 e. The zero-order chi connectivity index (χ0) is 13.7. The number of rotatable bonds is 4. The number of likely N-dealkylation sites (N-methyl/N-ethyl adjacent to an activating group) is 1. The van der Waals surface area contributed by atoms with Gasteiger partial charge in [0.05, 0.1) is 17.3 Å². The van der Waals surface area contributed by atoms with E-state index in [-0.39, 0.29) is 11.8 Å². The fourth-order valence-corrected chi connectivity index (χ4v) is 1.70. The lowest BCUT2D eigenvalue weighted by Crippen LogP contribution is -2.45. The van der Waals surface area contributed by atoms with Crippen LogP contribution >= 0.6 is 0 Å². The van der Waals surface area contributed by atoms with Crippen LogP contribution in [0.3, 0.4) is 0 Å². The molecule has 18 heavy (non-hydrogen) atoms. The first kappa shape index (κ1) is 14.2. The number of carbonyl (C=O) groups excluding carboxylic acids is 1. The molecule has 1 aromatic carbocycles. The Balaban J connectivity index is 2.97. The molecule has 4 nitrogen and oxygen atoms in total. The normalized spacial score (nSPS) is 13.5. The number of hydrogen-bond acceptors (Lipinski definition) is 3. The van der Waals surface area contributed by atoms with Gasteiger partial charge in [-0.05, 0) is 18.1 Å². The Labute approximate surface area is 108 Å². The molecule has 0 aromatic heterocycles. The van der Waals surface area contributed by atoms with Gasteiger partial charge in [-0.3, -0.25) is 4.79 Å². The van der Waals surface area contributed by atoms with E-state index in [2.05, 4.69) is 6.07 Å².